The molecule has 0 aliphatic carbocycles. The summed E-state index contributed by atoms with van der Waals surface area (Å²) in [5.74, 6) is -3.36. The maximum atomic E-state index is 13.4. The van der Waals surface area contributed by atoms with Crippen LogP contribution in [0.3, 0.4) is 0 Å². The number of hydrogen-bond acceptors (Lipinski definition) is 3. The Labute approximate surface area is 130 Å². The van der Waals surface area contributed by atoms with Crippen LogP contribution in [0.1, 0.15) is 15.9 Å². The quantitative estimate of drug-likeness (QED) is 0.757. The highest BCUT2D eigenvalue weighted by Gasteiger charge is 2.14. The molecule has 2 rings (SSSR count). The molecular weight excluding hydrogens is 306 g/mol. The minimum atomic E-state index is -1.01. The number of amides is 2. The molecule has 0 heterocycles. The predicted molar refractivity (Wildman–Crippen MR) is 80.2 cm³/mol. The van der Waals surface area contributed by atoms with Gasteiger partial charge >= 0.3 is 0 Å². The van der Waals surface area contributed by atoms with Crippen molar-refractivity contribution in [3.05, 3.63) is 59.2 Å². The molecule has 0 aromatic heterocycles. The maximum absolute atomic E-state index is 13.4. The van der Waals surface area contributed by atoms with E-state index in [0.29, 0.717) is 6.07 Å². The van der Waals surface area contributed by atoms with E-state index in [1.165, 1.54) is 12.1 Å². The molecule has 0 atom stereocenters. The molecule has 2 aromatic rings. The predicted octanol–water partition coefficient (Wildman–Crippen LogP) is 2.35. The summed E-state index contributed by atoms with van der Waals surface area (Å²) in [4.78, 5) is 23.5. The number of phenolic OH excluding ortho intramolecular Hbond substituents is 1. The Bertz CT molecular complexity index is 763. The summed E-state index contributed by atoms with van der Waals surface area (Å²) < 4.78 is 26.2. The van der Waals surface area contributed by atoms with Crippen molar-refractivity contribution in [2.45, 2.75) is 6.92 Å². The van der Waals surface area contributed by atoms with Crippen LogP contribution in [0.4, 0.5) is 14.5 Å². The fraction of sp³-hybridized carbons (Fsp3) is 0.125. The number of aryl methyl sites for hydroxylation is 1. The van der Waals surface area contributed by atoms with Crippen LogP contribution in [0.5, 0.6) is 5.75 Å². The van der Waals surface area contributed by atoms with Crippen molar-refractivity contribution in [3.63, 3.8) is 0 Å². The van der Waals surface area contributed by atoms with Gasteiger partial charge in [-0.1, -0.05) is 6.07 Å². The normalized spacial score (nSPS) is 10.2. The monoisotopic (exact) mass is 320 g/mol. The number of anilines is 1. The molecule has 23 heavy (non-hydrogen) atoms. The van der Waals surface area contributed by atoms with Crippen LogP contribution in [-0.4, -0.2) is 23.5 Å². The number of phenols is 1. The van der Waals surface area contributed by atoms with Gasteiger partial charge in [0, 0.05) is 6.07 Å². The van der Waals surface area contributed by atoms with Crippen molar-refractivity contribution in [1.82, 2.24) is 5.32 Å². The number of halogens is 2. The van der Waals surface area contributed by atoms with Gasteiger partial charge in [-0.15, -0.1) is 0 Å². The zero-order chi connectivity index (χ0) is 17.0. The maximum Gasteiger partial charge on any atom is 0.254 e. The first-order chi connectivity index (χ1) is 10.9. The van der Waals surface area contributed by atoms with Crippen LogP contribution in [0, 0.1) is 18.6 Å². The summed E-state index contributed by atoms with van der Waals surface area (Å²) in [5, 5.41) is 14.3. The summed E-state index contributed by atoms with van der Waals surface area (Å²) in [6, 6.07) is 7.21. The molecule has 0 saturated carbocycles. The van der Waals surface area contributed by atoms with Gasteiger partial charge in [0.05, 0.1) is 17.8 Å². The van der Waals surface area contributed by atoms with Crippen molar-refractivity contribution in [2.24, 2.45) is 0 Å². The summed E-state index contributed by atoms with van der Waals surface area (Å²) in [7, 11) is 0. The molecule has 0 fully saturated rings. The summed E-state index contributed by atoms with van der Waals surface area (Å²) in [5.41, 5.74) is 0.654. The average molecular weight is 320 g/mol. The molecule has 0 spiro atoms. The first-order valence-electron chi connectivity index (χ1n) is 6.69. The van der Waals surface area contributed by atoms with E-state index < -0.39 is 30.0 Å². The van der Waals surface area contributed by atoms with Gasteiger partial charge in [0.25, 0.3) is 5.91 Å². The lowest BCUT2D eigenvalue weighted by Crippen LogP contribution is -2.33. The topological polar surface area (TPSA) is 78.4 Å². The minimum absolute atomic E-state index is 0.103. The van der Waals surface area contributed by atoms with Crippen molar-refractivity contribution in [2.75, 3.05) is 11.9 Å². The molecule has 0 saturated heterocycles. The Kier molecular flexibility index (Phi) is 4.90. The Balaban J connectivity index is 1.94. The minimum Gasteiger partial charge on any atom is -0.506 e. The van der Waals surface area contributed by atoms with Gasteiger partial charge in [-0.05, 0) is 36.8 Å². The van der Waals surface area contributed by atoms with Gasteiger partial charge in [-0.3, -0.25) is 9.59 Å². The fourth-order valence-electron chi connectivity index (χ4n) is 1.87. The SMILES string of the molecule is Cc1ccc(NC(=O)CNC(=O)c2ccc(F)cc2F)c(O)c1. The number of rotatable bonds is 4. The largest absolute Gasteiger partial charge is 0.506 e. The molecule has 7 heteroatoms. The van der Waals surface area contributed by atoms with Crippen LogP contribution >= 0.6 is 0 Å². The molecule has 120 valence electrons. The lowest BCUT2D eigenvalue weighted by molar-refractivity contribution is -0.115. The Morgan fingerprint density at radius 2 is 1.87 bits per heavy atom. The second-order valence-electron chi connectivity index (χ2n) is 4.88. The van der Waals surface area contributed by atoms with Crippen molar-refractivity contribution in [3.8, 4) is 5.75 Å². The molecule has 0 aliphatic rings. The third-order valence-electron chi connectivity index (χ3n) is 3.01. The standard InChI is InChI=1S/C16H14F2N2O3/c1-9-2-5-13(14(21)6-9)20-15(22)8-19-16(23)11-4-3-10(17)7-12(11)18/h2-7,21H,8H2,1H3,(H,19,23)(H,20,22). The molecule has 0 radical (unpaired) electrons. The molecule has 0 bridgehead atoms. The van der Waals surface area contributed by atoms with Gasteiger partial charge < -0.3 is 15.7 Å². The van der Waals surface area contributed by atoms with E-state index in [2.05, 4.69) is 10.6 Å². The molecule has 3 N–H and O–H groups in total. The van der Waals surface area contributed by atoms with Gasteiger partial charge in [-0.2, -0.15) is 0 Å². The molecule has 2 aromatic carbocycles. The molecule has 0 aliphatic heterocycles. The van der Waals surface area contributed by atoms with Crippen molar-refractivity contribution >= 4 is 17.5 Å². The smallest absolute Gasteiger partial charge is 0.254 e. The van der Waals surface area contributed by atoms with E-state index in [0.717, 1.165) is 17.7 Å². The van der Waals surface area contributed by atoms with E-state index in [9.17, 15) is 23.5 Å². The summed E-state index contributed by atoms with van der Waals surface area (Å²) in [6.45, 7) is 1.35. The Morgan fingerprint density at radius 1 is 1.13 bits per heavy atom. The fourth-order valence-corrected chi connectivity index (χ4v) is 1.87. The van der Waals surface area contributed by atoms with E-state index in [1.807, 2.05) is 0 Å². The number of nitrogens with one attached hydrogen (secondary N) is 2. The van der Waals surface area contributed by atoms with Gasteiger partial charge in [0.15, 0.2) is 0 Å². The first-order valence-corrected chi connectivity index (χ1v) is 6.69. The van der Waals surface area contributed by atoms with Crippen LogP contribution in [0.2, 0.25) is 0 Å². The number of aromatic hydroxyl groups is 1. The lowest BCUT2D eigenvalue weighted by Gasteiger charge is -2.09. The summed E-state index contributed by atoms with van der Waals surface area (Å²) >= 11 is 0. The molecule has 2 amide bonds. The molecule has 0 unspecified atom stereocenters. The van der Waals surface area contributed by atoms with Crippen molar-refractivity contribution in [1.29, 1.82) is 0 Å². The third kappa shape index (κ3) is 4.26. The lowest BCUT2D eigenvalue weighted by atomic mass is 10.2. The highest BCUT2D eigenvalue weighted by molar-refractivity contribution is 5.99. The van der Waals surface area contributed by atoms with E-state index in [1.54, 1.807) is 13.0 Å². The van der Waals surface area contributed by atoms with Crippen molar-refractivity contribution < 1.29 is 23.5 Å². The molecule has 5 nitrogen and oxygen atoms in total. The average Bonchev–Trinajstić information content (AvgIpc) is 2.48. The van der Waals surface area contributed by atoms with Gasteiger partial charge in [0.2, 0.25) is 5.91 Å². The second kappa shape index (κ2) is 6.87. The molecular formula is C16H14F2N2O3. The highest BCUT2D eigenvalue weighted by atomic mass is 19.1. The van der Waals surface area contributed by atoms with Gasteiger partial charge in [0.1, 0.15) is 17.4 Å². The zero-order valence-corrected chi connectivity index (χ0v) is 12.2. The number of benzene rings is 2. The Hall–Kier alpha value is -2.96. The summed E-state index contributed by atoms with van der Waals surface area (Å²) in [6.07, 6.45) is 0. The Morgan fingerprint density at radius 3 is 2.52 bits per heavy atom. The second-order valence-corrected chi connectivity index (χ2v) is 4.88. The third-order valence-corrected chi connectivity index (χ3v) is 3.01. The van der Waals surface area contributed by atoms with Gasteiger partial charge in [-0.25, -0.2) is 8.78 Å². The van der Waals surface area contributed by atoms with Crippen LogP contribution < -0.4 is 10.6 Å². The van der Waals surface area contributed by atoms with Crippen LogP contribution in [0.25, 0.3) is 0 Å². The van der Waals surface area contributed by atoms with E-state index >= 15 is 0 Å². The number of hydrogen-bond donors (Lipinski definition) is 3. The van der Waals surface area contributed by atoms with E-state index in [4.69, 9.17) is 0 Å². The highest BCUT2D eigenvalue weighted by Crippen LogP contribution is 2.23. The van der Waals surface area contributed by atoms with E-state index in [-0.39, 0.29) is 17.0 Å². The zero-order valence-electron chi connectivity index (χ0n) is 12.2. The van der Waals surface area contributed by atoms with Crippen LogP contribution in [-0.2, 0) is 4.79 Å². The number of carbonyl (C=O) groups excluding carboxylic acids is 2. The first kappa shape index (κ1) is 16.4. The van der Waals surface area contributed by atoms with Crippen LogP contribution in [0.15, 0.2) is 36.4 Å². The number of carbonyl (C=O) groups is 2.